The van der Waals surface area contributed by atoms with Crippen LogP contribution in [-0.2, 0) is 11.2 Å². The number of benzene rings is 1. The standard InChI is InChI=1S/C19H26ClFN2O2/c20-17-8-14(4-5-18(17)21)9-19(25)23-11-15(16(12-23)13-24)10-22-6-2-1-3-7-22/h4-5,8,15-16,24H,1-3,6-7,9-13H2/t15-,16-/m1/s1. The molecule has 4 nitrogen and oxygen atoms in total. The van der Waals surface area contributed by atoms with Crippen molar-refractivity contribution in [1.29, 1.82) is 0 Å². The molecule has 2 aliphatic heterocycles. The summed E-state index contributed by atoms with van der Waals surface area (Å²) >= 11 is 5.80. The van der Waals surface area contributed by atoms with E-state index in [1.807, 2.05) is 4.90 Å². The summed E-state index contributed by atoms with van der Waals surface area (Å²) in [5, 5.41) is 9.75. The summed E-state index contributed by atoms with van der Waals surface area (Å²) in [6, 6.07) is 4.41. The van der Waals surface area contributed by atoms with Crippen LogP contribution in [0.2, 0.25) is 5.02 Å². The number of piperidine rings is 1. The van der Waals surface area contributed by atoms with E-state index in [2.05, 4.69) is 4.90 Å². The van der Waals surface area contributed by atoms with Gasteiger partial charge in [-0.1, -0.05) is 24.1 Å². The fraction of sp³-hybridized carbons (Fsp3) is 0.632. The number of aliphatic hydroxyl groups is 1. The zero-order chi connectivity index (χ0) is 17.8. The van der Waals surface area contributed by atoms with E-state index >= 15 is 0 Å². The van der Waals surface area contributed by atoms with Gasteiger partial charge in [0.2, 0.25) is 5.91 Å². The van der Waals surface area contributed by atoms with Crippen LogP contribution in [0, 0.1) is 17.7 Å². The topological polar surface area (TPSA) is 43.8 Å². The maximum absolute atomic E-state index is 13.2. The second kappa shape index (κ2) is 8.47. The highest BCUT2D eigenvalue weighted by molar-refractivity contribution is 6.30. The van der Waals surface area contributed by atoms with Crippen molar-refractivity contribution >= 4 is 17.5 Å². The van der Waals surface area contributed by atoms with Crippen molar-refractivity contribution in [2.75, 3.05) is 39.3 Å². The van der Waals surface area contributed by atoms with Crippen molar-refractivity contribution in [3.8, 4) is 0 Å². The van der Waals surface area contributed by atoms with Gasteiger partial charge >= 0.3 is 0 Å². The molecular formula is C19H26ClFN2O2. The average Bonchev–Trinajstić information content (AvgIpc) is 3.02. The Kier molecular flexibility index (Phi) is 6.31. The highest BCUT2D eigenvalue weighted by atomic mass is 35.5. The van der Waals surface area contributed by atoms with Crippen LogP contribution >= 0.6 is 11.6 Å². The Hall–Kier alpha value is -1.17. The van der Waals surface area contributed by atoms with E-state index in [0.29, 0.717) is 19.0 Å². The molecule has 1 aromatic rings. The third-order valence-corrected chi connectivity index (χ3v) is 5.73. The summed E-state index contributed by atoms with van der Waals surface area (Å²) < 4.78 is 13.2. The van der Waals surface area contributed by atoms with Gasteiger partial charge in [-0.3, -0.25) is 4.79 Å². The maximum atomic E-state index is 13.2. The van der Waals surface area contributed by atoms with Gasteiger partial charge in [0.1, 0.15) is 5.82 Å². The van der Waals surface area contributed by atoms with Crippen LogP contribution in [-0.4, -0.2) is 60.1 Å². The van der Waals surface area contributed by atoms with Gasteiger partial charge in [0.15, 0.2) is 0 Å². The molecule has 0 bridgehead atoms. The molecule has 0 aromatic heterocycles. The molecule has 2 heterocycles. The Labute approximate surface area is 153 Å². The highest BCUT2D eigenvalue weighted by Gasteiger charge is 2.35. The van der Waals surface area contributed by atoms with Gasteiger partial charge in [0, 0.05) is 32.2 Å². The molecule has 2 atom stereocenters. The van der Waals surface area contributed by atoms with Crippen LogP contribution in [0.5, 0.6) is 0 Å². The summed E-state index contributed by atoms with van der Waals surface area (Å²) in [6.45, 7) is 4.60. The van der Waals surface area contributed by atoms with Gasteiger partial charge in [-0.25, -0.2) is 4.39 Å². The Morgan fingerprint density at radius 1 is 1.20 bits per heavy atom. The Morgan fingerprint density at radius 2 is 1.92 bits per heavy atom. The van der Waals surface area contributed by atoms with Gasteiger partial charge < -0.3 is 14.9 Å². The van der Waals surface area contributed by atoms with Crippen molar-refractivity contribution in [1.82, 2.24) is 9.80 Å². The van der Waals surface area contributed by atoms with Crippen LogP contribution in [0.15, 0.2) is 18.2 Å². The number of likely N-dealkylation sites (tertiary alicyclic amines) is 2. The lowest BCUT2D eigenvalue weighted by atomic mass is 9.95. The third kappa shape index (κ3) is 4.72. The molecule has 0 unspecified atom stereocenters. The van der Waals surface area contributed by atoms with Gasteiger partial charge in [-0.05, 0) is 49.5 Å². The summed E-state index contributed by atoms with van der Waals surface area (Å²) in [5.41, 5.74) is 0.719. The first-order valence-electron chi connectivity index (χ1n) is 9.11. The number of amides is 1. The predicted octanol–water partition coefficient (Wildman–Crippen LogP) is 2.57. The lowest BCUT2D eigenvalue weighted by Crippen LogP contribution is -2.37. The van der Waals surface area contributed by atoms with Gasteiger partial charge in [0.25, 0.3) is 0 Å². The van der Waals surface area contributed by atoms with Crippen LogP contribution < -0.4 is 0 Å². The minimum absolute atomic E-state index is 0.0160. The molecule has 25 heavy (non-hydrogen) atoms. The predicted molar refractivity (Wildman–Crippen MR) is 96.1 cm³/mol. The van der Waals surface area contributed by atoms with Crippen LogP contribution in [0.1, 0.15) is 24.8 Å². The maximum Gasteiger partial charge on any atom is 0.227 e. The van der Waals surface area contributed by atoms with Crippen LogP contribution in [0.3, 0.4) is 0 Å². The highest BCUT2D eigenvalue weighted by Crippen LogP contribution is 2.26. The quantitative estimate of drug-likeness (QED) is 0.868. The fourth-order valence-corrected chi connectivity index (χ4v) is 4.17. The number of aliphatic hydroxyl groups excluding tert-OH is 1. The molecule has 0 spiro atoms. The second-order valence-corrected chi connectivity index (χ2v) is 7.70. The lowest BCUT2D eigenvalue weighted by Gasteiger charge is -2.30. The van der Waals surface area contributed by atoms with Crippen LogP contribution in [0.4, 0.5) is 4.39 Å². The monoisotopic (exact) mass is 368 g/mol. The lowest BCUT2D eigenvalue weighted by molar-refractivity contribution is -0.129. The zero-order valence-electron chi connectivity index (χ0n) is 14.5. The summed E-state index contributed by atoms with van der Waals surface area (Å²) in [6.07, 6.45) is 4.00. The molecule has 0 saturated carbocycles. The second-order valence-electron chi connectivity index (χ2n) is 7.29. The van der Waals surface area contributed by atoms with Gasteiger partial charge in [0.05, 0.1) is 11.4 Å². The molecule has 3 rings (SSSR count). The van der Waals surface area contributed by atoms with E-state index in [0.717, 1.165) is 25.2 Å². The number of hydrogen-bond donors (Lipinski definition) is 1. The number of carbonyl (C=O) groups excluding carboxylic acids is 1. The zero-order valence-corrected chi connectivity index (χ0v) is 15.2. The van der Waals surface area contributed by atoms with Gasteiger partial charge in [-0.2, -0.15) is 0 Å². The smallest absolute Gasteiger partial charge is 0.227 e. The van der Waals surface area contributed by atoms with E-state index in [9.17, 15) is 14.3 Å². The molecule has 1 amide bonds. The first-order valence-corrected chi connectivity index (χ1v) is 9.49. The average molecular weight is 369 g/mol. The van der Waals surface area contributed by atoms with Crippen molar-refractivity contribution in [2.45, 2.75) is 25.7 Å². The van der Waals surface area contributed by atoms with Crippen molar-refractivity contribution < 1.29 is 14.3 Å². The Balaban J connectivity index is 1.58. The number of nitrogens with zero attached hydrogens (tertiary/aromatic N) is 2. The number of hydrogen-bond acceptors (Lipinski definition) is 3. The molecule has 138 valence electrons. The molecule has 2 saturated heterocycles. The molecular weight excluding hydrogens is 343 g/mol. The number of halogens is 2. The molecule has 0 aliphatic carbocycles. The minimum Gasteiger partial charge on any atom is -0.396 e. The summed E-state index contributed by atoms with van der Waals surface area (Å²) in [7, 11) is 0. The Bertz CT molecular complexity index is 607. The SMILES string of the molecule is O=C(Cc1ccc(F)c(Cl)c1)N1C[C@@H](CN2CCCCC2)[C@@H](CO)C1. The Morgan fingerprint density at radius 3 is 2.60 bits per heavy atom. The molecule has 6 heteroatoms. The van der Waals surface area contributed by atoms with E-state index in [1.165, 1.54) is 31.4 Å². The van der Waals surface area contributed by atoms with E-state index < -0.39 is 5.82 Å². The van der Waals surface area contributed by atoms with E-state index in [4.69, 9.17) is 11.6 Å². The summed E-state index contributed by atoms with van der Waals surface area (Å²) in [4.78, 5) is 16.9. The number of carbonyl (C=O) groups is 1. The number of rotatable bonds is 5. The van der Waals surface area contributed by atoms with E-state index in [-0.39, 0.29) is 29.9 Å². The minimum atomic E-state index is -0.471. The summed E-state index contributed by atoms with van der Waals surface area (Å²) in [5.74, 6) is 0.00906. The van der Waals surface area contributed by atoms with Crippen LogP contribution in [0.25, 0.3) is 0 Å². The fourth-order valence-electron chi connectivity index (χ4n) is 3.97. The van der Waals surface area contributed by atoms with Crippen molar-refractivity contribution in [3.05, 3.63) is 34.6 Å². The first kappa shape index (κ1) is 18.6. The molecule has 2 fully saturated rings. The molecule has 1 N–H and O–H groups in total. The van der Waals surface area contributed by atoms with E-state index in [1.54, 1.807) is 6.07 Å². The normalized spacial score (nSPS) is 24.7. The third-order valence-electron chi connectivity index (χ3n) is 5.44. The molecule has 0 radical (unpaired) electrons. The van der Waals surface area contributed by atoms with Gasteiger partial charge in [-0.15, -0.1) is 0 Å². The molecule has 1 aromatic carbocycles. The van der Waals surface area contributed by atoms with Crippen molar-refractivity contribution in [2.24, 2.45) is 11.8 Å². The van der Waals surface area contributed by atoms with Crippen molar-refractivity contribution in [3.63, 3.8) is 0 Å². The first-order chi connectivity index (χ1) is 12.1. The molecule has 2 aliphatic rings. The largest absolute Gasteiger partial charge is 0.396 e.